The lowest BCUT2D eigenvalue weighted by molar-refractivity contribution is 0.0997. The molecule has 0 saturated carbocycles. The van der Waals surface area contributed by atoms with Gasteiger partial charge in [-0.3, -0.25) is 4.79 Å². The number of sulfonamides is 1. The maximum atomic E-state index is 12.7. The van der Waals surface area contributed by atoms with Crippen molar-refractivity contribution in [2.75, 3.05) is 27.8 Å². The fourth-order valence-electron chi connectivity index (χ4n) is 2.66. The maximum absolute atomic E-state index is 12.7. The number of rotatable bonds is 6. The molecular formula is C19H20ClN3O4S2. The van der Waals surface area contributed by atoms with Gasteiger partial charge in [-0.1, -0.05) is 22.9 Å². The highest BCUT2D eigenvalue weighted by Crippen LogP contribution is 2.22. The van der Waals surface area contributed by atoms with Gasteiger partial charge < -0.3 is 9.30 Å². The van der Waals surface area contributed by atoms with Crippen LogP contribution in [0.4, 0.5) is 0 Å². The molecule has 1 amide bonds. The predicted molar refractivity (Wildman–Crippen MR) is 114 cm³/mol. The molecule has 3 aromatic rings. The molecule has 154 valence electrons. The summed E-state index contributed by atoms with van der Waals surface area (Å²) < 4.78 is 33.4. The van der Waals surface area contributed by atoms with E-state index in [-0.39, 0.29) is 4.90 Å². The lowest BCUT2D eigenvalue weighted by atomic mass is 10.2. The summed E-state index contributed by atoms with van der Waals surface area (Å²) in [7, 11) is 0.964. The number of amides is 1. The first kappa shape index (κ1) is 21.7. The zero-order chi connectivity index (χ0) is 21.2. The van der Waals surface area contributed by atoms with E-state index in [0.717, 1.165) is 14.5 Å². The van der Waals surface area contributed by atoms with Gasteiger partial charge in [0.25, 0.3) is 5.91 Å². The third-order valence-corrected chi connectivity index (χ3v) is 7.35. The van der Waals surface area contributed by atoms with E-state index < -0.39 is 15.9 Å². The van der Waals surface area contributed by atoms with Crippen molar-refractivity contribution in [3.05, 3.63) is 57.9 Å². The van der Waals surface area contributed by atoms with Crippen molar-refractivity contribution in [2.24, 2.45) is 4.99 Å². The quantitative estimate of drug-likeness (QED) is 0.574. The molecule has 0 fully saturated rings. The first-order chi connectivity index (χ1) is 13.7. The van der Waals surface area contributed by atoms with Gasteiger partial charge in [0.05, 0.1) is 21.7 Å². The summed E-state index contributed by atoms with van der Waals surface area (Å²) in [4.78, 5) is 17.6. The van der Waals surface area contributed by atoms with Crippen molar-refractivity contribution in [2.45, 2.75) is 11.4 Å². The van der Waals surface area contributed by atoms with Crippen LogP contribution in [0.5, 0.6) is 0 Å². The van der Waals surface area contributed by atoms with E-state index in [2.05, 4.69) is 4.99 Å². The summed E-state index contributed by atoms with van der Waals surface area (Å²) in [6.07, 6.45) is 0. The van der Waals surface area contributed by atoms with E-state index in [1.165, 1.54) is 49.7 Å². The van der Waals surface area contributed by atoms with Crippen molar-refractivity contribution in [1.29, 1.82) is 0 Å². The number of hydrogen-bond donors (Lipinski definition) is 0. The lowest BCUT2D eigenvalue weighted by Crippen LogP contribution is -2.22. The van der Waals surface area contributed by atoms with Crippen LogP contribution in [-0.4, -0.2) is 51.0 Å². The highest BCUT2D eigenvalue weighted by atomic mass is 35.5. The standard InChI is InChI=1S/C19H20ClN3O4S2/c1-22(2)29(25,26)15-7-4-13(5-8-15)18(24)21-19-23(10-11-27-3)16-9-6-14(20)12-17(16)28-19/h4-9,12H,10-11H2,1-3H3. The molecular weight excluding hydrogens is 434 g/mol. The van der Waals surface area contributed by atoms with E-state index in [0.29, 0.717) is 28.5 Å². The average molecular weight is 454 g/mol. The van der Waals surface area contributed by atoms with Gasteiger partial charge in [-0.2, -0.15) is 4.99 Å². The van der Waals surface area contributed by atoms with Crippen LogP contribution in [0.1, 0.15) is 10.4 Å². The van der Waals surface area contributed by atoms with E-state index in [4.69, 9.17) is 16.3 Å². The van der Waals surface area contributed by atoms with Crippen LogP contribution in [-0.2, 0) is 21.3 Å². The highest BCUT2D eigenvalue weighted by molar-refractivity contribution is 7.89. The van der Waals surface area contributed by atoms with Crippen LogP contribution in [0.15, 0.2) is 52.4 Å². The van der Waals surface area contributed by atoms with Gasteiger partial charge in [0.15, 0.2) is 4.80 Å². The Balaban J connectivity index is 2.01. The Morgan fingerprint density at radius 1 is 1.21 bits per heavy atom. The van der Waals surface area contributed by atoms with Gasteiger partial charge in [-0.25, -0.2) is 12.7 Å². The fourth-order valence-corrected chi connectivity index (χ4v) is 4.89. The Labute approximate surface area is 177 Å². The zero-order valence-electron chi connectivity index (χ0n) is 16.1. The SMILES string of the molecule is COCCn1c(=NC(=O)c2ccc(S(=O)(=O)N(C)C)cc2)sc2cc(Cl)ccc21. The second-order valence-electron chi connectivity index (χ2n) is 6.37. The minimum atomic E-state index is -3.55. The minimum Gasteiger partial charge on any atom is -0.383 e. The van der Waals surface area contributed by atoms with Crippen molar-refractivity contribution >= 4 is 49.1 Å². The van der Waals surface area contributed by atoms with E-state index in [1.54, 1.807) is 13.2 Å². The third-order valence-electron chi connectivity index (χ3n) is 4.24. The van der Waals surface area contributed by atoms with Gasteiger partial charge in [-0.05, 0) is 42.5 Å². The van der Waals surface area contributed by atoms with Crippen LogP contribution in [0.3, 0.4) is 0 Å². The maximum Gasteiger partial charge on any atom is 0.279 e. The van der Waals surface area contributed by atoms with E-state index in [1.807, 2.05) is 16.7 Å². The number of carbonyl (C=O) groups is 1. The number of fused-ring (bicyclic) bond motifs is 1. The molecule has 7 nitrogen and oxygen atoms in total. The first-order valence-electron chi connectivity index (χ1n) is 8.63. The summed E-state index contributed by atoms with van der Waals surface area (Å²) in [5, 5.41) is 0.605. The first-order valence-corrected chi connectivity index (χ1v) is 11.3. The summed E-state index contributed by atoms with van der Waals surface area (Å²) in [5.74, 6) is -0.456. The van der Waals surface area contributed by atoms with Crippen molar-refractivity contribution < 1.29 is 17.9 Å². The molecule has 29 heavy (non-hydrogen) atoms. The zero-order valence-corrected chi connectivity index (χ0v) is 18.5. The highest BCUT2D eigenvalue weighted by Gasteiger charge is 2.17. The number of ether oxygens (including phenoxy) is 1. The Morgan fingerprint density at radius 3 is 2.52 bits per heavy atom. The number of aromatic nitrogens is 1. The molecule has 0 atom stereocenters. The second kappa shape index (κ2) is 8.76. The molecule has 0 bridgehead atoms. The van der Waals surface area contributed by atoms with Gasteiger partial charge in [0.1, 0.15) is 0 Å². The molecule has 1 heterocycles. The van der Waals surface area contributed by atoms with Crippen LogP contribution in [0, 0.1) is 0 Å². The Hall–Kier alpha value is -2.04. The molecule has 0 unspecified atom stereocenters. The average Bonchev–Trinajstić information content (AvgIpc) is 3.02. The molecule has 2 aromatic carbocycles. The van der Waals surface area contributed by atoms with Crippen molar-refractivity contribution in [3.8, 4) is 0 Å². The molecule has 0 saturated heterocycles. The lowest BCUT2D eigenvalue weighted by Gasteiger charge is -2.11. The van der Waals surface area contributed by atoms with Gasteiger partial charge in [0, 0.05) is 38.3 Å². The third kappa shape index (κ3) is 4.59. The van der Waals surface area contributed by atoms with Gasteiger partial charge in [0.2, 0.25) is 10.0 Å². The number of carbonyl (C=O) groups excluding carboxylic acids is 1. The number of benzene rings is 2. The van der Waals surface area contributed by atoms with Crippen LogP contribution in [0.25, 0.3) is 10.2 Å². The normalized spacial score (nSPS) is 12.8. The van der Waals surface area contributed by atoms with Crippen LogP contribution in [0.2, 0.25) is 5.02 Å². The number of nitrogens with zero attached hydrogens (tertiary/aromatic N) is 3. The molecule has 0 aliphatic rings. The van der Waals surface area contributed by atoms with Crippen molar-refractivity contribution in [3.63, 3.8) is 0 Å². The number of thiazole rings is 1. The second-order valence-corrected chi connectivity index (χ2v) is 9.97. The smallest absolute Gasteiger partial charge is 0.279 e. The topological polar surface area (TPSA) is 81.0 Å². The summed E-state index contributed by atoms with van der Waals surface area (Å²) in [6.45, 7) is 0.997. The van der Waals surface area contributed by atoms with Crippen molar-refractivity contribution in [1.82, 2.24) is 8.87 Å². The predicted octanol–water partition coefficient (Wildman–Crippen LogP) is 2.99. The summed E-state index contributed by atoms with van der Waals surface area (Å²) >= 11 is 7.44. The molecule has 1 aromatic heterocycles. The summed E-state index contributed by atoms with van der Waals surface area (Å²) in [5.41, 5.74) is 1.21. The Kier molecular flexibility index (Phi) is 6.55. The van der Waals surface area contributed by atoms with Crippen LogP contribution < -0.4 is 4.80 Å². The molecule has 0 aliphatic carbocycles. The molecule has 10 heteroatoms. The number of hydrogen-bond acceptors (Lipinski definition) is 5. The van der Waals surface area contributed by atoms with Gasteiger partial charge >= 0.3 is 0 Å². The van der Waals surface area contributed by atoms with E-state index in [9.17, 15) is 13.2 Å². The molecule has 0 radical (unpaired) electrons. The molecule has 0 aliphatic heterocycles. The number of methoxy groups -OCH3 is 1. The number of halogens is 1. The Bertz CT molecular complexity index is 1210. The van der Waals surface area contributed by atoms with E-state index >= 15 is 0 Å². The largest absolute Gasteiger partial charge is 0.383 e. The summed E-state index contributed by atoms with van der Waals surface area (Å²) in [6, 6.07) is 11.2. The Morgan fingerprint density at radius 2 is 1.90 bits per heavy atom. The van der Waals surface area contributed by atoms with Crippen LogP contribution >= 0.6 is 22.9 Å². The monoisotopic (exact) mass is 453 g/mol. The molecule has 3 rings (SSSR count). The van der Waals surface area contributed by atoms with Gasteiger partial charge in [-0.15, -0.1) is 0 Å². The fraction of sp³-hybridized carbons (Fsp3) is 0.263. The molecule has 0 spiro atoms. The molecule has 0 N–H and O–H groups in total. The minimum absolute atomic E-state index is 0.116.